The van der Waals surface area contributed by atoms with Crippen molar-refractivity contribution in [3.63, 3.8) is 0 Å². The molecule has 0 unspecified atom stereocenters. The van der Waals surface area contributed by atoms with Crippen molar-refractivity contribution in [3.05, 3.63) is 57.6 Å². The molecule has 4 heteroatoms. The molecule has 2 aromatic rings. The van der Waals surface area contributed by atoms with Crippen LogP contribution in [-0.4, -0.2) is 5.91 Å². The van der Waals surface area contributed by atoms with Crippen LogP contribution in [0.4, 0.5) is 11.4 Å². The molecule has 2 rings (SSSR count). The molecule has 21 heavy (non-hydrogen) atoms. The van der Waals surface area contributed by atoms with Gasteiger partial charge in [0, 0.05) is 21.4 Å². The highest BCUT2D eigenvalue weighted by Gasteiger charge is 2.12. The number of anilines is 2. The summed E-state index contributed by atoms with van der Waals surface area (Å²) < 4.78 is 0.800. The minimum Gasteiger partial charge on any atom is -0.398 e. The Morgan fingerprint density at radius 3 is 2.52 bits per heavy atom. The van der Waals surface area contributed by atoms with Crippen molar-refractivity contribution in [1.29, 1.82) is 0 Å². The molecule has 0 aliphatic heterocycles. The van der Waals surface area contributed by atoms with Crippen molar-refractivity contribution in [2.75, 3.05) is 11.1 Å². The molecule has 0 heterocycles. The highest BCUT2D eigenvalue weighted by Crippen LogP contribution is 2.23. The van der Waals surface area contributed by atoms with Crippen LogP contribution < -0.4 is 11.1 Å². The second-order valence-corrected chi connectivity index (χ2v) is 5.98. The van der Waals surface area contributed by atoms with Crippen LogP contribution in [0.5, 0.6) is 0 Å². The van der Waals surface area contributed by atoms with Gasteiger partial charge in [0.15, 0.2) is 0 Å². The van der Waals surface area contributed by atoms with E-state index in [2.05, 4.69) is 28.2 Å². The topological polar surface area (TPSA) is 55.1 Å². The molecule has 0 aromatic heterocycles. The third kappa shape index (κ3) is 3.85. The van der Waals surface area contributed by atoms with E-state index in [0.717, 1.165) is 28.6 Å². The molecule has 0 radical (unpaired) electrons. The van der Waals surface area contributed by atoms with Crippen LogP contribution in [0.15, 0.2) is 40.9 Å². The summed E-state index contributed by atoms with van der Waals surface area (Å²) in [6.07, 6.45) is 2.16. The summed E-state index contributed by atoms with van der Waals surface area (Å²) >= 11 is 3.37. The molecule has 3 nitrogen and oxygen atoms in total. The average Bonchev–Trinajstić information content (AvgIpc) is 2.45. The fraction of sp³-hybridized carbons (Fsp3) is 0.235. The van der Waals surface area contributed by atoms with Gasteiger partial charge in [-0.2, -0.15) is 0 Å². The van der Waals surface area contributed by atoms with Crippen molar-refractivity contribution in [3.8, 4) is 0 Å². The Labute approximate surface area is 133 Å². The first kappa shape index (κ1) is 15.6. The number of nitrogens with two attached hydrogens (primary N) is 1. The maximum Gasteiger partial charge on any atom is 0.256 e. The molecule has 3 N–H and O–H groups in total. The van der Waals surface area contributed by atoms with E-state index in [9.17, 15) is 4.79 Å². The number of carbonyl (C=O) groups excluding carboxylic acids is 1. The van der Waals surface area contributed by atoms with E-state index in [1.165, 1.54) is 5.56 Å². The average molecular weight is 347 g/mol. The van der Waals surface area contributed by atoms with E-state index in [4.69, 9.17) is 5.73 Å². The molecule has 0 aliphatic carbocycles. The number of hydrogen-bond acceptors (Lipinski definition) is 2. The number of nitrogens with one attached hydrogen (secondary N) is 1. The normalized spacial score (nSPS) is 10.4. The lowest BCUT2D eigenvalue weighted by Crippen LogP contribution is -2.14. The molecular formula is C17H19BrN2O. The molecular weight excluding hydrogens is 328 g/mol. The molecule has 2 aromatic carbocycles. The zero-order valence-corrected chi connectivity index (χ0v) is 13.8. The van der Waals surface area contributed by atoms with Crippen LogP contribution in [0.1, 0.15) is 34.8 Å². The van der Waals surface area contributed by atoms with Gasteiger partial charge in [0.05, 0.1) is 0 Å². The lowest BCUT2D eigenvalue weighted by Gasteiger charge is -2.11. The number of rotatable bonds is 4. The van der Waals surface area contributed by atoms with Crippen molar-refractivity contribution >= 4 is 33.2 Å². The summed E-state index contributed by atoms with van der Waals surface area (Å²) in [7, 11) is 0. The number of amides is 1. The van der Waals surface area contributed by atoms with Gasteiger partial charge in [0.1, 0.15) is 0 Å². The lowest BCUT2D eigenvalue weighted by atomic mass is 10.1. The van der Waals surface area contributed by atoms with Gasteiger partial charge in [-0.1, -0.05) is 41.4 Å². The van der Waals surface area contributed by atoms with E-state index in [0.29, 0.717) is 11.3 Å². The lowest BCUT2D eigenvalue weighted by molar-refractivity contribution is 0.102. The van der Waals surface area contributed by atoms with Gasteiger partial charge in [-0.05, 0) is 48.7 Å². The number of carbonyl (C=O) groups is 1. The van der Waals surface area contributed by atoms with Crippen LogP contribution >= 0.6 is 15.9 Å². The third-order valence-corrected chi connectivity index (χ3v) is 3.87. The predicted molar refractivity (Wildman–Crippen MR) is 91.7 cm³/mol. The van der Waals surface area contributed by atoms with E-state index in [-0.39, 0.29) is 5.91 Å². The van der Waals surface area contributed by atoms with Crippen LogP contribution in [0.25, 0.3) is 0 Å². The van der Waals surface area contributed by atoms with Gasteiger partial charge in [0.25, 0.3) is 5.91 Å². The second-order valence-electron chi connectivity index (χ2n) is 5.07. The summed E-state index contributed by atoms with van der Waals surface area (Å²) in [6, 6.07) is 11.5. The number of halogens is 1. The summed E-state index contributed by atoms with van der Waals surface area (Å²) in [5.74, 6) is -0.149. The smallest absolute Gasteiger partial charge is 0.256 e. The van der Waals surface area contributed by atoms with Crippen molar-refractivity contribution in [2.24, 2.45) is 0 Å². The van der Waals surface area contributed by atoms with Crippen molar-refractivity contribution in [1.82, 2.24) is 0 Å². The highest BCUT2D eigenvalue weighted by atomic mass is 79.9. The van der Waals surface area contributed by atoms with Crippen LogP contribution in [0.3, 0.4) is 0 Å². The fourth-order valence-electron chi connectivity index (χ4n) is 2.18. The maximum absolute atomic E-state index is 12.4. The van der Waals surface area contributed by atoms with Crippen LogP contribution in [-0.2, 0) is 6.42 Å². The molecule has 0 spiro atoms. The largest absolute Gasteiger partial charge is 0.398 e. The van der Waals surface area contributed by atoms with Gasteiger partial charge in [-0.15, -0.1) is 0 Å². The van der Waals surface area contributed by atoms with Crippen LogP contribution in [0, 0.1) is 6.92 Å². The Bertz CT molecular complexity index is 651. The Morgan fingerprint density at radius 1 is 1.24 bits per heavy atom. The third-order valence-electron chi connectivity index (χ3n) is 3.41. The molecule has 110 valence electrons. The zero-order valence-electron chi connectivity index (χ0n) is 12.2. The quantitative estimate of drug-likeness (QED) is 0.798. The minimum absolute atomic E-state index is 0.149. The van der Waals surface area contributed by atoms with E-state index < -0.39 is 0 Å². The number of aryl methyl sites for hydroxylation is 1. The second kappa shape index (κ2) is 6.76. The maximum atomic E-state index is 12.4. The standard InChI is InChI=1S/C17H19BrN2O/c1-3-4-12-5-7-14(8-6-12)20-17(21)15-9-13(18)10-16(19)11(15)2/h5-10H,3-4,19H2,1-2H3,(H,20,21). The fourth-order valence-corrected chi connectivity index (χ4v) is 2.65. The molecule has 0 bridgehead atoms. The summed E-state index contributed by atoms with van der Waals surface area (Å²) in [5.41, 5.74) is 9.94. The minimum atomic E-state index is -0.149. The molecule has 0 saturated carbocycles. The Morgan fingerprint density at radius 2 is 1.90 bits per heavy atom. The van der Waals surface area contributed by atoms with Gasteiger partial charge < -0.3 is 11.1 Å². The van der Waals surface area contributed by atoms with E-state index >= 15 is 0 Å². The van der Waals surface area contributed by atoms with E-state index in [1.54, 1.807) is 12.1 Å². The van der Waals surface area contributed by atoms with Gasteiger partial charge in [-0.25, -0.2) is 0 Å². The monoisotopic (exact) mass is 346 g/mol. The highest BCUT2D eigenvalue weighted by molar-refractivity contribution is 9.10. The number of hydrogen-bond donors (Lipinski definition) is 2. The predicted octanol–water partition coefficient (Wildman–Crippen LogP) is 4.54. The number of nitrogen functional groups attached to an aromatic ring is 1. The van der Waals surface area contributed by atoms with E-state index in [1.807, 2.05) is 31.2 Å². The molecule has 1 amide bonds. The first-order valence-corrected chi connectivity index (χ1v) is 7.76. The summed E-state index contributed by atoms with van der Waals surface area (Å²) in [6.45, 7) is 4.00. The van der Waals surface area contributed by atoms with Crippen molar-refractivity contribution < 1.29 is 4.79 Å². The molecule has 0 fully saturated rings. The first-order valence-electron chi connectivity index (χ1n) is 6.97. The Kier molecular flexibility index (Phi) is 5.02. The molecule has 0 atom stereocenters. The molecule has 0 aliphatic rings. The van der Waals surface area contributed by atoms with Gasteiger partial charge in [-0.3, -0.25) is 4.79 Å². The molecule has 0 saturated heterocycles. The van der Waals surface area contributed by atoms with Crippen LogP contribution in [0.2, 0.25) is 0 Å². The van der Waals surface area contributed by atoms with Gasteiger partial charge in [0.2, 0.25) is 0 Å². The SMILES string of the molecule is CCCc1ccc(NC(=O)c2cc(Br)cc(N)c2C)cc1. The Balaban J connectivity index is 2.18. The van der Waals surface area contributed by atoms with Crippen molar-refractivity contribution in [2.45, 2.75) is 26.7 Å². The summed E-state index contributed by atoms with van der Waals surface area (Å²) in [4.78, 5) is 12.4. The van der Waals surface area contributed by atoms with Gasteiger partial charge >= 0.3 is 0 Å². The summed E-state index contributed by atoms with van der Waals surface area (Å²) in [5, 5.41) is 2.91. The number of benzene rings is 2. The zero-order chi connectivity index (χ0) is 15.4. The Hall–Kier alpha value is -1.81. The first-order chi connectivity index (χ1) is 10.0.